The predicted molar refractivity (Wildman–Crippen MR) is 60.3 cm³/mol. The minimum absolute atomic E-state index is 0.0397. The second-order valence-electron chi connectivity index (χ2n) is 4.47. The van der Waals surface area contributed by atoms with Crippen molar-refractivity contribution in [3.63, 3.8) is 0 Å². The lowest BCUT2D eigenvalue weighted by Crippen LogP contribution is -2.43. The van der Waals surface area contributed by atoms with E-state index in [0.717, 1.165) is 12.8 Å². The van der Waals surface area contributed by atoms with Crippen LogP contribution in [0.1, 0.15) is 58.8 Å². The third kappa shape index (κ3) is 2.96. The first-order valence-corrected chi connectivity index (χ1v) is 6.14. The fourth-order valence-corrected chi connectivity index (χ4v) is 2.29. The van der Waals surface area contributed by atoms with E-state index in [1.54, 1.807) is 0 Å². The maximum Gasteiger partial charge on any atom is 0.0802 e. The second-order valence-corrected chi connectivity index (χ2v) is 4.47. The Kier molecular flexibility index (Phi) is 4.90. The quantitative estimate of drug-likeness (QED) is 0.739. The Morgan fingerprint density at radius 1 is 1.14 bits per heavy atom. The van der Waals surface area contributed by atoms with E-state index in [9.17, 15) is 0 Å². The molecule has 14 heavy (non-hydrogen) atoms. The summed E-state index contributed by atoms with van der Waals surface area (Å²) in [4.78, 5) is 0. The average molecular weight is 199 g/mol. The van der Waals surface area contributed by atoms with Gasteiger partial charge in [0.25, 0.3) is 0 Å². The molecule has 0 spiro atoms. The first kappa shape index (κ1) is 12.0. The first-order chi connectivity index (χ1) is 6.76. The van der Waals surface area contributed by atoms with Crippen LogP contribution in [0.4, 0.5) is 0 Å². The van der Waals surface area contributed by atoms with E-state index < -0.39 is 0 Å². The van der Waals surface area contributed by atoms with E-state index in [0.29, 0.717) is 12.6 Å². The Labute approximate surface area is 88.2 Å². The summed E-state index contributed by atoms with van der Waals surface area (Å²) in [6.07, 6.45) is 9.08. The maximum absolute atomic E-state index is 6.20. The third-order valence-electron chi connectivity index (χ3n) is 3.63. The molecule has 1 saturated carbocycles. The van der Waals surface area contributed by atoms with Gasteiger partial charge in [-0.15, -0.1) is 0 Å². The lowest BCUT2D eigenvalue weighted by molar-refractivity contribution is -0.104. The van der Waals surface area contributed by atoms with Crippen molar-refractivity contribution in [1.29, 1.82) is 0 Å². The maximum atomic E-state index is 6.20. The van der Waals surface area contributed by atoms with Gasteiger partial charge in [-0.25, -0.2) is 0 Å². The molecule has 2 N–H and O–H groups in total. The van der Waals surface area contributed by atoms with Crippen LogP contribution in [-0.4, -0.2) is 18.2 Å². The summed E-state index contributed by atoms with van der Waals surface area (Å²) in [6, 6.07) is 0. The topological polar surface area (TPSA) is 35.2 Å². The van der Waals surface area contributed by atoms with Crippen LogP contribution in [0.25, 0.3) is 0 Å². The van der Waals surface area contributed by atoms with E-state index in [2.05, 4.69) is 13.8 Å². The molecule has 0 atom stereocenters. The van der Waals surface area contributed by atoms with Crippen molar-refractivity contribution in [3.05, 3.63) is 0 Å². The Morgan fingerprint density at radius 3 is 2.14 bits per heavy atom. The molecular formula is C12H25NO. The van der Waals surface area contributed by atoms with Crippen LogP contribution >= 0.6 is 0 Å². The summed E-state index contributed by atoms with van der Waals surface area (Å²) < 4.78 is 6.20. The van der Waals surface area contributed by atoms with Crippen LogP contribution in [0.3, 0.4) is 0 Å². The minimum atomic E-state index is -0.0397. The molecule has 84 valence electrons. The molecule has 1 aliphatic rings. The standard InChI is InChI=1S/C12H25NO/c1-3-12(4-2,10-13)14-11-8-6-5-7-9-11/h11H,3-10,13H2,1-2H3. The number of nitrogens with two attached hydrogens (primary N) is 1. The van der Waals surface area contributed by atoms with Crippen molar-refractivity contribution in [3.8, 4) is 0 Å². The molecule has 0 heterocycles. The van der Waals surface area contributed by atoms with Crippen LogP contribution in [0.5, 0.6) is 0 Å². The highest BCUT2D eigenvalue weighted by molar-refractivity contribution is 4.81. The molecule has 0 aromatic heterocycles. The van der Waals surface area contributed by atoms with Crippen molar-refractivity contribution in [2.24, 2.45) is 5.73 Å². The van der Waals surface area contributed by atoms with Gasteiger partial charge in [-0.3, -0.25) is 0 Å². The Bertz CT molecular complexity index is 140. The molecule has 0 saturated heterocycles. The van der Waals surface area contributed by atoms with Gasteiger partial charge < -0.3 is 10.5 Å². The van der Waals surface area contributed by atoms with Gasteiger partial charge in [-0.1, -0.05) is 33.1 Å². The number of ether oxygens (including phenoxy) is 1. The molecule has 0 amide bonds. The second kappa shape index (κ2) is 5.72. The van der Waals surface area contributed by atoms with E-state index in [-0.39, 0.29) is 5.60 Å². The fraction of sp³-hybridized carbons (Fsp3) is 1.00. The average Bonchev–Trinajstić information content (AvgIpc) is 2.28. The van der Waals surface area contributed by atoms with Crippen LogP contribution in [0.15, 0.2) is 0 Å². The summed E-state index contributed by atoms with van der Waals surface area (Å²) in [5.41, 5.74) is 5.78. The third-order valence-corrected chi connectivity index (χ3v) is 3.63. The van der Waals surface area contributed by atoms with Gasteiger partial charge in [0.2, 0.25) is 0 Å². The predicted octanol–water partition coefficient (Wildman–Crippen LogP) is 2.85. The first-order valence-electron chi connectivity index (χ1n) is 6.14. The van der Waals surface area contributed by atoms with Gasteiger partial charge in [0, 0.05) is 6.54 Å². The molecule has 2 heteroatoms. The normalized spacial score (nSPS) is 19.9. The van der Waals surface area contributed by atoms with Gasteiger partial charge in [-0.2, -0.15) is 0 Å². The lowest BCUT2D eigenvalue weighted by atomic mass is 9.93. The number of hydrogen-bond acceptors (Lipinski definition) is 2. The Hall–Kier alpha value is -0.0800. The monoisotopic (exact) mass is 199 g/mol. The van der Waals surface area contributed by atoms with E-state index >= 15 is 0 Å². The number of rotatable bonds is 5. The summed E-state index contributed by atoms with van der Waals surface area (Å²) in [5, 5.41) is 0. The van der Waals surface area contributed by atoms with E-state index in [1.807, 2.05) is 0 Å². The van der Waals surface area contributed by atoms with E-state index in [1.165, 1.54) is 32.1 Å². The minimum Gasteiger partial charge on any atom is -0.370 e. The van der Waals surface area contributed by atoms with Crippen molar-refractivity contribution in [1.82, 2.24) is 0 Å². The van der Waals surface area contributed by atoms with Gasteiger partial charge in [-0.05, 0) is 25.7 Å². The molecule has 1 aliphatic carbocycles. The molecule has 1 fully saturated rings. The summed E-state index contributed by atoms with van der Waals surface area (Å²) >= 11 is 0. The van der Waals surface area contributed by atoms with Gasteiger partial charge in [0.05, 0.1) is 11.7 Å². The van der Waals surface area contributed by atoms with Crippen molar-refractivity contribution in [2.75, 3.05) is 6.54 Å². The van der Waals surface area contributed by atoms with Gasteiger partial charge >= 0.3 is 0 Å². The van der Waals surface area contributed by atoms with Crippen molar-refractivity contribution >= 4 is 0 Å². The number of hydrogen-bond donors (Lipinski definition) is 1. The van der Waals surface area contributed by atoms with Crippen molar-refractivity contribution in [2.45, 2.75) is 70.5 Å². The highest BCUT2D eigenvalue weighted by Crippen LogP contribution is 2.28. The Morgan fingerprint density at radius 2 is 1.71 bits per heavy atom. The SMILES string of the molecule is CCC(CC)(CN)OC1CCCCC1. The molecule has 0 bridgehead atoms. The van der Waals surface area contributed by atoms with E-state index in [4.69, 9.17) is 10.5 Å². The highest BCUT2D eigenvalue weighted by atomic mass is 16.5. The molecule has 0 aromatic carbocycles. The molecule has 0 radical (unpaired) electrons. The molecular weight excluding hydrogens is 174 g/mol. The van der Waals surface area contributed by atoms with Crippen LogP contribution < -0.4 is 5.73 Å². The van der Waals surface area contributed by atoms with Gasteiger partial charge in [0.1, 0.15) is 0 Å². The van der Waals surface area contributed by atoms with Crippen molar-refractivity contribution < 1.29 is 4.74 Å². The smallest absolute Gasteiger partial charge is 0.0802 e. The van der Waals surface area contributed by atoms with Crippen LogP contribution in [0.2, 0.25) is 0 Å². The molecule has 0 unspecified atom stereocenters. The van der Waals surface area contributed by atoms with Crippen LogP contribution in [0, 0.1) is 0 Å². The lowest BCUT2D eigenvalue weighted by Gasteiger charge is -2.36. The summed E-state index contributed by atoms with van der Waals surface area (Å²) in [5.74, 6) is 0. The van der Waals surface area contributed by atoms with Crippen LogP contribution in [-0.2, 0) is 4.74 Å². The zero-order valence-electron chi connectivity index (χ0n) is 9.72. The molecule has 1 rings (SSSR count). The highest BCUT2D eigenvalue weighted by Gasteiger charge is 2.29. The largest absolute Gasteiger partial charge is 0.370 e. The zero-order valence-corrected chi connectivity index (χ0v) is 9.72. The zero-order chi connectivity index (χ0) is 10.4. The summed E-state index contributed by atoms with van der Waals surface area (Å²) in [6.45, 7) is 5.02. The fourth-order valence-electron chi connectivity index (χ4n) is 2.29. The van der Waals surface area contributed by atoms with Gasteiger partial charge in [0.15, 0.2) is 0 Å². The Balaban J connectivity index is 2.44. The molecule has 0 aromatic rings. The molecule has 0 aliphatic heterocycles. The summed E-state index contributed by atoms with van der Waals surface area (Å²) in [7, 11) is 0. The molecule has 2 nitrogen and oxygen atoms in total.